The van der Waals surface area contributed by atoms with Crippen molar-refractivity contribution in [2.45, 2.75) is 30.0 Å². The number of pyridine rings is 1. The molecule has 1 amide bonds. The van der Waals surface area contributed by atoms with Crippen LogP contribution in [0.15, 0.2) is 35.4 Å². The number of anilines is 1. The first-order valence-corrected chi connectivity index (χ1v) is 12.7. The topological polar surface area (TPSA) is 93.8 Å². The molecule has 1 aliphatic rings. The lowest BCUT2D eigenvalue weighted by atomic mass is 10.1. The van der Waals surface area contributed by atoms with Gasteiger partial charge in [-0.15, -0.1) is 0 Å². The van der Waals surface area contributed by atoms with Crippen LogP contribution in [0.1, 0.15) is 35.3 Å². The molecule has 0 bridgehead atoms. The molecule has 0 aliphatic carbocycles. The Kier molecular flexibility index (Phi) is 9.50. The summed E-state index contributed by atoms with van der Waals surface area (Å²) >= 11 is 1.19. The Morgan fingerprint density at radius 2 is 1.97 bits per heavy atom. The van der Waals surface area contributed by atoms with E-state index >= 15 is 0 Å². The van der Waals surface area contributed by atoms with Gasteiger partial charge in [-0.05, 0) is 51.2 Å². The number of piperazine rings is 1. The predicted molar refractivity (Wildman–Crippen MR) is 141 cm³/mol. The lowest BCUT2D eigenvalue weighted by molar-refractivity contribution is -0.117. The molecule has 1 atom stereocenters. The molecule has 9 heteroatoms. The summed E-state index contributed by atoms with van der Waals surface area (Å²) in [5.74, 6) is 0.106. The van der Waals surface area contributed by atoms with Gasteiger partial charge in [-0.2, -0.15) is 5.26 Å². The SMILES string of the molecule is [C-]#[N+]c1c(N2CCN(CCCN(C)C)CC2)nc(SC(C(N)=O)c2ccccc2)c(C#N)c1CC. The fraction of sp³-hybridized carbons (Fsp3) is 0.462. The van der Waals surface area contributed by atoms with Crippen LogP contribution in [0.2, 0.25) is 0 Å². The van der Waals surface area contributed by atoms with E-state index in [2.05, 4.69) is 39.7 Å². The number of carbonyl (C=O) groups is 1. The molecule has 1 fully saturated rings. The van der Waals surface area contributed by atoms with Crippen molar-refractivity contribution >= 4 is 29.2 Å². The van der Waals surface area contributed by atoms with E-state index in [1.165, 1.54) is 11.8 Å². The fourth-order valence-electron chi connectivity index (χ4n) is 4.29. The van der Waals surface area contributed by atoms with Crippen molar-refractivity contribution in [1.82, 2.24) is 14.8 Å². The largest absolute Gasteiger partial charge is 0.368 e. The second kappa shape index (κ2) is 12.6. The highest BCUT2D eigenvalue weighted by Gasteiger charge is 2.28. The Hall–Kier alpha value is -3.11. The number of benzene rings is 1. The second-order valence-electron chi connectivity index (χ2n) is 8.82. The summed E-state index contributed by atoms with van der Waals surface area (Å²) in [6.07, 6.45) is 1.64. The molecule has 3 rings (SSSR count). The van der Waals surface area contributed by atoms with E-state index in [0.29, 0.717) is 34.1 Å². The summed E-state index contributed by atoms with van der Waals surface area (Å²) in [4.78, 5) is 27.8. The van der Waals surface area contributed by atoms with Gasteiger partial charge in [0.15, 0.2) is 0 Å². The molecule has 2 N–H and O–H groups in total. The van der Waals surface area contributed by atoms with Gasteiger partial charge in [-0.1, -0.05) is 49.0 Å². The van der Waals surface area contributed by atoms with Crippen LogP contribution in [0.25, 0.3) is 4.85 Å². The van der Waals surface area contributed by atoms with Crippen molar-refractivity contribution in [3.63, 3.8) is 0 Å². The van der Waals surface area contributed by atoms with E-state index in [0.717, 1.165) is 51.3 Å². The molecular weight excluding hydrogens is 458 g/mol. The molecule has 0 spiro atoms. The zero-order chi connectivity index (χ0) is 25.4. The summed E-state index contributed by atoms with van der Waals surface area (Å²) in [5.41, 5.74) is 7.98. The van der Waals surface area contributed by atoms with Crippen molar-refractivity contribution in [2.75, 3.05) is 58.3 Å². The van der Waals surface area contributed by atoms with Gasteiger partial charge < -0.3 is 15.5 Å². The number of nitrogens with zero attached hydrogens (tertiary/aromatic N) is 6. The lowest BCUT2D eigenvalue weighted by Gasteiger charge is -2.36. The second-order valence-corrected chi connectivity index (χ2v) is 9.91. The summed E-state index contributed by atoms with van der Waals surface area (Å²) in [6, 6.07) is 11.5. The fourth-order valence-corrected chi connectivity index (χ4v) is 5.35. The van der Waals surface area contributed by atoms with E-state index in [9.17, 15) is 10.1 Å². The summed E-state index contributed by atoms with van der Waals surface area (Å²) in [5, 5.41) is 9.76. The smallest absolute Gasteiger partial charge is 0.235 e. The average Bonchev–Trinajstić information content (AvgIpc) is 2.86. The first-order valence-electron chi connectivity index (χ1n) is 11.9. The molecule has 2 aromatic rings. The van der Waals surface area contributed by atoms with Crippen molar-refractivity contribution in [3.8, 4) is 6.07 Å². The third-order valence-electron chi connectivity index (χ3n) is 6.14. The third kappa shape index (κ3) is 6.52. The Bertz CT molecular complexity index is 1100. The molecule has 1 aromatic carbocycles. The molecule has 184 valence electrons. The minimum atomic E-state index is -0.680. The molecule has 35 heavy (non-hydrogen) atoms. The zero-order valence-corrected chi connectivity index (χ0v) is 21.5. The molecule has 1 unspecified atom stereocenters. The van der Waals surface area contributed by atoms with E-state index in [1.807, 2.05) is 37.3 Å². The number of carbonyl (C=O) groups excluding carboxylic acids is 1. The monoisotopic (exact) mass is 491 g/mol. The third-order valence-corrected chi connectivity index (χ3v) is 7.40. The number of hydrogen-bond acceptors (Lipinski definition) is 7. The normalized spacial score (nSPS) is 15.0. The number of amides is 1. The Labute approximate surface area is 212 Å². The van der Waals surface area contributed by atoms with E-state index in [1.54, 1.807) is 0 Å². The van der Waals surface area contributed by atoms with E-state index < -0.39 is 11.2 Å². The molecule has 1 saturated heterocycles. The van der Waals surface area contributed by atoms with Crippen LogP contribution in [0.5, 0.6) is 0 Å². The highest BCUT2D eigenvalue weighted by molar-refractivity contribution is 8.00. The predicted octanol–water partition coefficient (Wildman–Crippen LogP) is 3.46. The first kappa shape index (κ1) is 26.5. The van der Waals surface area contributed by atoms with Gasteiger partial charge in [0, 0.05) is 26.2 Å². The van der Waals surface area contributed by atoms with Gasteiger partial charge in [-0.25, -0.2) is 9.83 Å². The minimum Gasteiger partial charge on any atom is -0.368 e. The Balaban J connectivity index is 1.92. The minimum absolute atomic E-state index is 0.358. The van der Waals surface area contributed by atoms with Crippen molar-refractivity contribution < 1.29 is 4.79 Å². The van der Waals surface area contributed by atoms with Crippen LogP contribution < -0.4 is 10.6 Å². The first-order chi connectivity index (χ1) is 16.9. The number of hydrogen-bond donors (Lipinski definition) is 1. The van der Waals surface area contributed by atoms with Gasteiger partial charge in [0.1, 0.15) is 22.2 Å². The van der Waals surface area contributed by atoms with Crippen molar-refractivity contribution in [3.05, 3.63) is 58.4 Å². The number of aromatic nitrogens is 1. The number of nitriles is 1. The van der Waals surface area contributed by atoms with Crippen molar-refractivity contribution in [1.29, 1.82) is 5.26 Å². The number of thioether (sulfide) groups is 1. The number of rotatable bonds is 10. The molecule has 2 heterocycles. The summed E-state index contributed by atoms with van der Waals surface area (Å²) < 4.78 is 0. The van der Waals surface area contributed by atoms with E-state index in [4.69, 9.17) is 17.3 Å². The number of nitrogens with two attached hydrogens (primary N) is 1. The molecule has 1 aliphatic heterocycles. The van der Waals surface area contributed by atoms with Gasteiger partial charge in [0.25, 0.3) is 0 Å². The lowest BCUT2D eigenvalue weighted by Crippen LogP contribution is -2.47. The average molecular weight is 492 g/mol. The molecule has 8 nitrogen and oxygen atoms in total. The molecule has 1 aromatic heterocycles. The van der Waals surface area contributed by atoms with Crippen LogP contribution in [0.3, 0.4) is 0 Å². The van der Waals surface area contributed by atoms with Gasteiger partial charge in [0.05, 0.1) is 12.1 Å². The van der Waals surface area contributed by atoms with E-state index in [-0.39, 0.29) is 0 Å². The maximum atomic E-state index is 12.4. The van der Waals surface area contributed by atoms with Crippen LogP contribution >= 0.6 is 11.8 Å². The highest BCUT2D eigenvalue weighted by Crippen LogP contribution is 2.42. The highest BCUT2D eigenvalue weighted by atomic mass is 32.2. The molecular formula is C26H33N7OS. The molecule has 0 radical (unpaired) electrons. The maximum absolute atomic E-state index is 12.4. The number of primary amides is 1. The molecule has 0 saturated carbocycles. The van der Waals surface area contributed by atoms with Gasteiger partial charge >= 0.3 is 0 Å². The van der Waals surface area contributed by atoms with Gasteiger partial charge in [0.2, 0.25) is 11.6 Å². The van der Waals surface area contributed by atoms with Crippen LogP contribution in [0.4, 0.5) is 11.5 Å². The van der Waals surface area contributed by atoms with Crippen LogP contribution in [-0.2, 0) is 11.2 Å². The van der Waals surface area contributed by atoms with Crippen molar-refractivity contribution in [2.24, 2.45) is 5.73 Å². The van der Waals surface area contributed by atoms with Gasteiger partial charge in [-0.3, -0.25) is 9.69 Å². The Morgan fingerprint density at radius 1 is 1.29 bits per heavy atom. The summed E-state index contributed by atoms with van der Waals surface area (Å²) in [7, 11) is 4.17. The van der Waals surface area contributed by atoms with Crippen LogP contribution in [-0.4, -0.2) is 74.1 Å². The maximum Gasteiger partial charge on any atom is 0.235 e. The Morgan fingerprint density at radius 3 is 2.51 bits per heavy atom. The summed E-state index contributed by atoms with van der Waals surface area (Å²) in [6.45, 7) is 15.2. The van der Waals surface area contributed by atoms with Crippen LogP contribution in [0, 0.1) is 17.9 Å². The quantitative estimate of drug-likeness (QED) is 0.402. The zero-order valence-electron chi connectivity index (χ0n) is 20.7. The standard InChI is InChI=1S/C26H33N7OS/c1-5-20-21(18-27)26(35-23(24(28)34)19-10-7-6-8-11-19)30-25(22(20)29-2)33-16-14-32(15-17-33)13-9-12-31(3)4/h6-8,10-11,23H,5,9,12-17H2,1,3-4H3,(H2,28,34).